The quantitative estimate of drug-likeness (QED) is 0.826. The third kappa shape index (κ3) is 3.61. The van der Waals surface area contributed by atoms with E-state index in [9.17, 15) is 13.6 Å². The Hall–Kier alpha value is -1.89. The number of hydrogen-bond acceptors (Lipinski definition) is 4. The molecule has 1 atom stereocenters. The first-order valence-electron chi connectivity index (χ1n) is 8.24. The highest BCUT2D eigenvalue weighted by molar-refractivity contribution is 5.95. The van der Waals surface area contributed by atoms with Crippen molar-refractivity contribution in [3.63, 3.8) is 0 Å². The minimum atomic E-state index is -2.96. The topological polar surface area (TPSA) is 42.0 Å². The van der Waals surface area contributed by atoms with Crippen molar-refractivity contribution in [3.05, 3.63) is 23.8 Å². The minimum Gasteiger partial charge on any atom is -0.493 e. The van der Waals surface area contributed by atoms with Gasteiger partial charge in [0.2, 0.25) is 0 Å². The highest BCUT2D eigenvalue weighted by atomic mass is 19.3. The van der Waals surface area contributed by atoms with Crippen molar-refractivity contribution in [3.8, 4) is 11.5 Å². The normalized spacial score (nSPS) is 21.5. The van der Waals surface area contributed by atoms with Crippen LogP contribution in [0.25, 0.3) is 0 Å². The summed E-state index contributed by atoms with van der Waals surface area (Å²) >= 11 is 0. The van der Waals surface area contributed by atoms with Crippen LogP contribution in [0.5, 0.6) is 11.5 Å². The van der Waals surface area contributed by atoms with E-state index in [1.807, 2.05) is 0 Å². The first kappa shape index (κ1) is 17.0. The second-order valence-corrected chi connectivity index (χ2v) is 6.18. The molecule has 1 aromatic rings. The van der Waals surface area contributed by atoms with Gasteiger partial charge in [-0.2, -0.15) is 8.78 Å². The summed E-state index contributed by atoms with van der Waals surface area (Å²) in [4.78, 5) is 16.9. The Morgan fingerprint density at radius 3 is 2.62 bits per heavy atom. The molecule has 24 heavy (non-hydrogen) atoms. The number of amides is 1. The molecule has 7 heteroatoms. The lowest BCUT2D eigenvalue weighted by Gasteiger charge is -2.23. The number of halogens is 2. The summed E-state index contributed by atoms with van der Waals surface area (Å²) in [6.07, 6.45) is 3.40. The molecular weight excluding hydrogens is 318 g/mol. The average Bonchev–Trinajstić information content (AvgIpc) is 3.24. The van der Waals surface area contributed by atoms with Crippen molar-refractivity contribution in [2.75, 3.05) is 33.3 Å². The van der Waals surface area contributed by atoms with Crippen molar-refractivity contribution < 1.29 is 23.0 Å². The van der Waals surface area contributed by atoms with Crippen LogP contribution in [0.2, 0.25) is 0 Å². The third-order valence-electron chi connectivity index (χ3n) is 4.73. The van der Waals surface area contributed by atoms with E-state index in [0.717, 1.165) is 19.5 Å². The lowest BCUT2D eigenvalue weighted by molar-refractivity contribution is -0.0512. The van der Waals surface area contributed by atoms with Gasteiger partial charge in [0, 0.05) is 24.7 Å². The van der Waals surface area contributed by atoms with Gasteiger partial charge in [0.05, 0.1) is 7.11 Å². The summed E-state index contributed by atoms with van der Waals surface area (Å²) < 4.78 is 34.5. The van der Waals surface area contributed by atoms with Gasteiger partial charge in [0.15, 0.2) is 11.5 Å². The van der Waals surface area contributed by atoms with Crippen molar-refractivity contribution in [2.45, 2.75) is 31.9 Å². The molecule has 0 N–H and O–H groups in total. The molecule has 0 radical (unpaired) electrons. The number of ether oxygens (including phenoxy) is 2. The maximum Gasteiger partial charge on any atom is 0.387 e. The monoisotopic (exact) mass is 340 g/mol. The molecular formula is C17H22F2N2O3. The number of carbonyl (C=O) groups is 1. The molecule has 5 nitrogen and oxygen atoms in total. The fraction of sp³-hybridized carbons (Fsp3) is 0.588. The van der Waals surface area contributed by atoms with Gasteiger partial charge in [-0.1, -0.05) is 0 Å². The Balaban J connectivity index is 1.70. The van der Waals surface area contributed by atoms with Gasteiger partial charge in [-0.25, -0.2) is 0 Å². The second kappa shape index (κ2) is 7.34. The molecule has 2 aliphatic rings. The summed E-state index contributed by atoms with van der Waals surface area (Å²) in [5.41, 5.74) is 0.341. The number of alkyl halides is 2. The van der Waals surface area contributed by atoms with Gasteiger partial charge in [0.25, 0.3) is 5.91 Å². The number of likely N-dealkylation sites (tertiary alicyclic amines) is 2. The van der Waals surface area contributed by atoms with Gasteiger partial charge in [-0.3, -0.25) is 9.69 Å². The van der Waals surface area contributed by atoms with Crippen molar-refractivity contribution in [1.29, 1.82) is 0 Å². The molecule has 0 aromatic heterocycles. The number of methoxy groups -OCH3 is 1. The summed E-state index contributed by atoms with van der Waals surface area (Å²) in [6, 6.07) is 4.81. The summed E-state index contributed by atoms with van der Waals surface area (Å²) in [7, 11) is 1.37. The lowest BCUT2D eigenvalue weighted by Crippen LogP contribution is -2.37. The molecule has 0 unspecified atom stereocenters. The van der Waals surface area contributed by atoms with E-state index in [0.29, 0.717) is 24.7 Å². The average molecular weight is 340 g/mol. The van der Waals surface area contributed by atoms with Gasteiger partial charge >= 0.3 is 6.61 Å². The molecule has 2 heterocycles. The van der Waals surface area contributed by atoms with Crippen molar-refractivity contribution in [2.24, 2.45) is 0 Å². The van der Waals surface area contributed by atoms with Crippen LogP contribution in [0.1, 0.15) is 29.6 Å². The van der Waals surface area contributed by atoms with E-state index >= 15 is 0 Å². The first-order valence-corrected chi connectivity index (χ1v) is 8.24. The molecule has 0 saturated carbocycles. The zero-order valence-corrected chi connectivity index (χ0v) is 13.7. The fourth-order valence-corrected chi connectivity index (χ4v) is 3.51. The minimum absolute atomic E-state index is 0.117. The maximum atomic E-state index is 12.7. The van der Waals surface area contributed by atoms with Crippen molar-refractivity contribution in [1.82, 2.24) is 9.80 Å². The molecule has 0 bridgehead atoms. The van der Waals surface area contributed by atoms with E-state index in [-0.39, 0.29) is 17.4 Å². The summed E-state index contributed by atoms with van der Waals surface area (Å²) in [5, 5.41) is 0. The standard InChI is InChI=1S/C17H22F2N2O3/c1-23-14-5-4-12(10-15(14)24-17(18)19)16(22)21-9-6-13(11-21)20-7-2-3-8-20/h4-5,10,13,17H,2-3,6-9,11H2,1H3/t13-/m1/s1. The Bertz CT molecular complexity index is 591. The van der Waals surface area contributed by atoms with Gasteiger partial charge in [-0.15, -0.1) is 0 Å². The highest BCUT2D eigenvalue weighted by Gasteiger charge is 2.32. The molecule has 132 valence electrons. The molecule has 0 aliphatic carbocycles. The summed E-state index contributed by atoms with van der Waals surface area (Å²) in [5.74, 6) is -0.0877. The van der Waals surface area contributed by atoms with E-state index in [2.05, 4.69) is 9.64 Å². The number of carbonyl (C=O) groups excluding carboxylic acids is 1. The molecule has 0 spiro atoms. The highest BCUT2D eigenvalue weighted by Crippen LogP contribution is 2.30. The number of nitrogens with zero attached hydrogens (tertiary/aromatic N) is 2. The van der Waals surface area contributed by atoms with E-state index < -0.39 is 6.61 Å². The Kier molecular flexibility index (Phi) is 5.18. The van der Waals surface area contributed by atoms with Crippen LogP contribution in [0.15, 0.2) is 18.2 Å². The second-order valence-electron chi connectivity index (χ2n) is 6.18. The maximum absolute atomic E-state index is 12.7. The van der Waals surface area contributed by atoms with Gasteiger partial charge in [-0.05, 0) is 50.6 Å². The molecule has 1 aromatic carbocycles. The molecule has 2 saturated heterocycles. The van der Waals surface area contributed by atoms with Crippen LogP contribution in [0.4, 0.5) is 8.78 Å². The van der Waals surface area contributed by atoms with Crippen LogP contribution in [0.3, 0.4) is 0 Å². The Morgan fingerprint density at radius 2 is 1.96 bits per heavy atom. The van der Waals surface area contributed by atoms with E-state index in [4.69, 9.17) is 4.74 Å². The van der Waals surface area contributed by atoms with Crippen LogP contribution >= 0.6 is 0 Å². The fourth-order valence-electron chi connectivity index (χ4n) is 3.51. The van der Waals surface area contributed by atoms with E-state index in [1.54, 1.807) is 11.0 Å². The number of benzene rings is 1. The smallest absolute Gasteiger partial charge is 0.387 e. The molecule has 3 rings (SSSR count). The van der Waals surface area contributed by atoms with Crippen LogP contribution in [0, 0.1) is 0 Å². The molecule has 1 amide bonds. The Labute approximate surface area is 140 Å². The largest absolute Gasteiger partial charge is 0.493 e. The number of hydrogen-bond donors (Lipinski definition) is 0. The van der Waals surface area contributed by atoms with Crippen LogP contribution < -0.4 is 9.47 Å². The zero-order chi connectivity index (χ0) is 17.1. The first-order chi connectivity index (χ1) is 11.6. The molecule has 2 fully saturated rings. The summed E-state index contributed by atoms with van der Waals surface area (Å²) in [6.45, 7) is 0.617. The SMILES string of the molecule is COc1ccc(C(=O)N2CC[C@@H](N3CCCC3)C2)cc1OC(F)F. The van der Waals surface area contributed by atoms with Gasteiger partial charge in [0.1, 0.15) is 0 Å². The van der Waals surface area contributed by atoms with Crippen molar-refractivity contribution >= 4 is 5.91 Å². The van der Waals surface area contributed by atoms with E-state index in [1.165, 1.54) is 32.1 Å². The predicted octanol–water partition coefficient (Wildman–Crippen LogP) is 2.61. The predicted molar refractivity (Wildman–Crippen MR) is 84.7 cm³/mol. The third-order valence-corrected chi connectivity index (χ3v) is 4.73. The zero-order valence-electron chi connectivity index (χ0n) is 13.7. The number of rotatable bonds is 5. The van der Waals surface area contributed by atoms with Gasteiger partial charge < -0.3 is 14.4 Å². The van der Waals surface area contributed by atoms with Crippen LogP contribution in [-0.2, 0) is 0 Å². The lowest BCUT2D eigenvalue weighted by atomic mass is 10.1. The van der Waals surface area contributed by atoms with Crippen LogP contribution in [-0.4, -0.2) is 61.6 Å². The molecule has 2 aliphatic heterocycles. The Morgan fingerprint density at radius 1 is 1.21 bits per heavy atom.